The first-order chi connectivity index (χ1) is 9.16. The number of aromatic carboxylic acids is 1. The van der Waals surface area contributed by atoms with Crippen LogP contribution in [0.15, 0.2) is 28.2 Å². The molecule has 0 aliphatic heterocycles. The SMILES string of the molecule is O=C(O)c1ccc(C(=O)NCCC2=CCCCC2)o1. The van der Waals surface area contributed by atoms with Crippen molar-refractivity contribution in [1.29, 1.82) is 0 Å². The number of carbonyl (C=O) groups excluding carboxylic acids is 1. The Morgan fingerprint density at radius 2 is 2.05 bits per heavy atom. The number of rotatable bonds is 5. The summed E-state index contributed by atoms with van der Waals surface area (Å²) in [6.45, 7) is 0.549. The molecule has 0 fully saturated rings. The molecule has 0 spiro atoms. The fourth-order valence-corrected chi connectivity index (χ4v) is 2.13. The maximum atomic E-state index is 11.7. The van der Waals surface area contributed by atoms with Crippen LogP contribution in [0.2, 0.25) is 0 Å². The van der Waals surface area contributed by atoms with Gasteiger partial charge in [0.25, 0.3) is 5.91 Å². The minimum absolute atomic E-state index is 0.0371. The van der Waals surface area contributed by atoms with Gasteiger partial charge in [-0.15, -0.1) is 0 Å². The van der Waals surface area contributed by atoms with Gasteiger partial charge in [0.15, 0.2) is 5.76 Å². The molecule has 0 saturated carbocycles. The van der Waals surface area contributed by atoms with Crippen molar-refractivity contribution in [3.8, 4) is 0 Å². The third-order valence-corrected chi connectivity index (χ3v) is 3.16. The van der Waals surface area contributed by atoms with Crippen molar-refractivity contribution >= 4 is 11.9 Å². The smallest absolute Gasteiger partial charge is 0.371 e. The van der Waals surface area contributed by atoms with Crippen LogP contribution < -0.4 is 5.32 Å². The lowest BCUT2D eigenvalue weighted by molar-refractivity contribution is 0.0659. The Hall–Kier alpha value is -2.04. The fourth-order valence-electron chi connectivity index (χ4n) is 2.13. The molecule has 0 radical (unpaired) electrons. The van der Waals surface area contributed by atoms with Crippen molar-refractivity contribution < 1.29 is 19.1 Å². The van der Waals surface area contributed by atoms with Gasteiger partial charge < -0.3 is 14.8 Å². The Morgan fingerprint density at radius 1 is 1.26 bits per heavy atom. The zero-order valence-corrected chi connectivity index (χ0v) is 10.6. The highest BCUT2D eigenvalue weighted by atomic mass is 16.4. The van der Waals surface area contributed by atoms with Crippen molar-refractivity contribution in [3.63, 3.8) is 0 Å². The molecule has 19 heavy (non-hydrogen) atoms. The highest BCUT2D eigenvalue weighted by Crippen LogP contribution is 2.19. The van der Waals surface area contributed by atoms with Crippen molar-refractivity contribution in [2.24, 2.45) is 0 Å². The van der Waals surface area contributed by atoms with Gasteiger partial charge in [0.2, 0.25) is 5.76 Å². The van der Waals surface area contributed by atoms with Gasteiger partial charge >= 0.3 is 5.97 Å². The summed E-state index contributed by atoms with van der Waals surface area (Å²) in [5, 5.41) is 11.4. The van der Waals surface area contributed by atoms with Gasteiger partial charge in [0.1, 0.15) is 0 Å². The number of amides is 1. The molecule has 0 atom stereocenters. The molecule has 2 N–H and O–H groups in total. The number of carboxylic acid groups (broad SMARTS) is 1. The van der Waals surface area contributed by atoms with Crippen LogP contribution in [0.3, 0.4) is 0 Å². The van der Waals surface area contributed by atoms with E-state index in [9.17, 15) is 9.59 Å². The van der Waals surface area contributed by atoms with Crippen molar-refractivity contribution in [2.75, 3.05) is 6.54 Å². The lowest BCUT2D eigenvalue weighted by atomic mass is 9.97. The Kier molecular flexibility index (Phi) is 4.39. The minimum atomic E-state index is -1.17. The summed E-state index contributed by atoms with van der Waals surface area (Å²) in [7, 11) is 0. The molecule has 1 heterocycles. The third-order valence-electron chi connectivity index (χ3n) is 3.16. The Labute approximate surface area is 111 Å². The second-order valence-electron chi connectivity index (χ2n) is 4.58. The van der Waals surface area contributed by atoms with Gasteiger partial charge in [-0.25, -0.2) is 4.79 Å². The molecule has 1 aliphatic carbocycles. The summed E-state index contributed by atoms with van der Waals surface area (Å²) < 4.78 is 4.92. The highest BCUT2D eigenvalue weighted by Gasteiger charge is 2.14. The molecular weight excluding hydrogens is 246 g/mol. The predicted molar refractivity (Wildman–Crippen MR) is 69.2 cm³/mol. The summed E-state index contributed by atoms with van der Waals surface area (Å²) in [6.07, 6.45) is 7.80. The molecule has 0 unspecified atom stereocenters. The molecule has 0 bridgehead atoms. The first kappa shape index (κ1) is 13.4. The maximum absolute atomic E-state index is 11.7. The molecule has 1 aliphatic rings. The molecular formula is C14H17NO4. The number of allylic oxidation sites excluding steroid dienone is 1. The van der Waals surface area contributed by atoms with E-state index in [1.807, 2.05) is 0 Å². The van der Waals surface area contributed by atoms with Gasteiger partial charge in [-0.3, -0.25) is 4.79 Å². The van der Waals surface area contributed by atoms with Gasteiger partial charge in [-0.05, 0) is 44.2 Å². The summed E-state index contributed by atoms with van der Waals surface area (Å²) >= 11 is 0. The fraction of sp³-hybridized carbons (Fsp3) is 0.429. The summed E-state index contributed by atoms with van der Waals surface area (Å²) in [4.78, 5) is 22.3. The molecule has 0 aromatic carbocycles. The molecule has 5 nitrogen and oxygen atoms in total. The van der Waals surface area contributed by atoms with E-state index in [0.29, 0.717) is 6.54 Å². The van der Waals surface area contributed by atoms with Crippen LogP contribution in [0.1, 0.15) is 53.2 Å². The number of carboxylic acids is 1. The van der Waals surface area contributed by atoms with Crippen molar-refractivity contribution in [2.45, 2.75) is 32.1 Å². The molecule has 2 rings (SSSR count). The third kappa shape index (κ3) is 3.71. The van der Waals surface area contributed by atoms with Gasteiger partial charge in [-0.1, -0.05) is 11.6 Å². The van der Waals surface area contributed by atoms with E-state index >= 15 is 0 Å². The minimum Gasteiger partial charge on any atom is -0.475 e. The van der Waals surface area contributed by atoms with E-state index in [2.05, 4.69) is 11.4 Å². The van der Waals surface area contributed by atoms with Crippen LogP contribution in [-0.4, -0.2) is 23.5 Å². The predicted octanol–water partition coefficient (Wildman–Crippen LogP) is 2.60. The lowest BCUT2D eigenvalue weighted by Gasteiger charge is -2.12. The van der Waals surface area contributed by atoms with Crippen LogP contribution in [-0.2, 0) is 0 Å². The quantitative estimate of drug-likeness (QED) is 0.800. The molecule has 5 heteroatoms. The van der Waals surface area contributed by atoms with E-state index in [1.165, 1.54) is 30.5 Å². The number of carbonyl (C=O) groups is 2. The number of furan rings is 1. The Balaban J connectivity index is 1.80. The maximum Gasteiger partial charge on any atom is 0.371 e. The van der Waals surface area contributed by atoms with Crippen LogP contribution >= 0.6 is 0 Å². The van der Waals surface area contributed by atoms with E-state index < -0.39 is 5.97 Å². The molecule has 0 saturated heterocycles. The van der Waals surface area contributed by atoms with Gasteiger partial charge in [0.05, 0.1) is 0 Å². The van der Waals surface area contributed by atoms with E-state index in [1.54, 1.807) is 0 Å². The second-order valence-corrected chi connectivity index (χ2v) is 4.58. The standard InChI is InChI=1S/C14H17NO4/c16-13(11-6-7-12(19-11)14(17)18)15-9-8-10-4-2-1-3-5-10/h4,6-7H,1-3,5,8-9H2,(H,15,16)(H,17,18). The molecule has 1 aromatic heterocycles. The number of nitrogens with one attached hydrogen (secondary N) is 1. The van der Waals surface area contributed by atoms with E-state index in [4.69, 9.17) is 9.52 Å². The first-order valence-corrected chi connectivity index (χ1v) is 6.46. The largest absolute Gasteiger partial charge is 0.475 e. The number of hydrogen-bond donors (Lipinski definition) is 2. The van der Waals surface area contributed by atoms with Crippen LogP contribution in [0.4, 0.5) is 0 Å². The van der Waals surface area contributed by atoms with Crippen LogP contribution in [0.5, 0.6) is 0 Å². The summed E-state index contributed by atoms with van der Waals surface area (Å²) in [6, 6.07) is 2.65. The van der Waals surface area contributed by atoms with Crippen molar-refractivity contribution in [3.05, 3.63) is 35.3 Å². The Bertz CT molecular complexity index is 501. The molecule has 1 aromatic rings. The lowest BCUT2D eigenvalue weighted by Crippen LogP contribution is -2.24. The van der Waals surface area contributed by atoms with Crippen LogP contribution in [0, 0.1) is 0 Å². The topological polar surface area (TPSA) is 79.5 Å². The average molecular weight is 263 g/mol. The van der Waals surface area contributed by atoms with Crippen LogP contribution in [0.25, 0.3) is 0 Å². The zero-order chi connectivity index (χ0) is 13.7. The normalized spacial score (nSPS) is 14.8. The summed E-state index contributed by atoms with van der Waals surface area (Å²) in [5.74, 6) is -1.73. The average Bonchev–Trinajstić information content (AvgIpc) is 2.89. The second kappa shape index (κ2) is 6.22. The highest BCUT2D eigenvalue weighted by molar-refractivity contribution is 5.93. The van der Waals surface area contributed by atoms with E-state index in [-0.39, 0.29) is 17.4 Å². The summed E-state index contributed by atoms with van der Waals surface area (Å²) in [5.41, 5.74) is 1.39. The Morgan fingerprint density at radius 3 is 2.68 bits per heavy atom. The number of hydrogen-bond acceptors (Lipinski definition) is 3. The van der Waals surface area contributed by atoms with Crippen molar-refractivity contribution in [1.82, 2.24) is 5.32 Å². The molecule has 102 valence electrons. The monoisotopic (exact) mass is 263 g/mol. The van der Waals surface area contributed by atoms with E-state index in [0.717, 1.165) is 19.3 Å². The van der Waals surface area contributed by atoms with Gasteiger partial charge in [0, 0.05) is 6.54 Å². The van der Waals surface area contributed by atoms with Gasteiger partial charge in [-0.2, -0.15) is 0 Å². The first-order valence-electron chi connectivity index (χ1n) is 6.46. The molecule has 1 amide bonds. The zero-order valence-electron chi connectivity index (χ0n) is 10.6.